The van der Waals surface area contributed by atoms with Crippen LogP contribution in [-0.2, 0) is 20.2 Å². The second kappa shape index (κ2) is 14.4. The largest absolute Gasteiger partial charge is 0.507 e. The van der Waals surface area contributed by atoms with Crippen LogP contribution in [0.5, 0.6) is 23.0 Å². The van der Waals surface area contributed by atoms with Crippen molar-refractivity contribution < 1.29 is 66.2 Å². The molecule has 0 radical (unpaired) electrons. The summed E-state index contributed by atoms with van der Waals surface area (Å²) in [6.07, 6.45) is 2.20. The van der Waals surface area contributed by atoms with E-state index in [0.29, 0.717) is 0 Å². The molecule has 2 heterocycles. The molecule has 6 rings (SSSR count). The maximum atomic E-state index is 12.3. The Kier molecular flexibility index (Phi) is 9.88. The molecule has 20 nitrogen and oxygen atoms in total. The van der Waals surface area contributed by atoms with E-state index in [1.54, 1.807) is 0 Å². The summed E-state index contributed by atoms with van der Waals surface area (Å²) in [7, 11) is -9.92. The second-order valence-electron chi connectivity index (χ2n) is 11.5. The molecule has 56 heavy (non-hydrogen) atoms. The summed E-state index contributed by atoms with van der Waals surface area (Å²) in [5.74, 6) is -5.20. The average Bonchev–Trinajstić information content (AvgIpc) is 3.13. The van der Waals surface area contributed by atoms with Crippen LogP contribution in [0, 0.1) is 0 Å². The number of nitrogens with zero attached hydrogens (tertiary/aromatic N) is 6. The van der Waals surface area contributed by atoms with E-state index in [0.717, 1.165) is 36.4 Å². The minimum atomic E-state index is -4.96. The Bertz CT molecular complexity index is 2790. The summed E-state index contributed by atoms with van der Waals surface area (Å²) in [6.45, 7) is 0. The molecule has 6 aromatic rings. The van der Waals surface area contributed by atoms with Gasteiger partial charge in [0.25, 0.3) is 20.2 Å². The van der Waals surface area contributed by atoms with Crippen LogP contribution in [0.3, 0.4) is 0 Å². The number of pyridine rings is 2. The van der Waals surface area contributed by atoms with E-state index in [4.69, 9.17) is 0 Å². The van der Waals surface area contributed by atoms with Crippen molar-refractivity contribution in [1.29, 1.82) is 0 Å². The lowest BCUT2D eigenvalue weighted by Gasteiger charge is -2.07. The van der Waals surface area contributed by atoms with E-state index in [1.807, 2.05) is 0 Å². The van der Waals surface area contributed by atoms with Crippen molar-refractivity contribution in [3.8, 4) is 23.0 Å². The molecule has 0 amide bonds. The molecule has 0 aliphatic heterocycles. The number of aromatic hydroxyl groups is 4. The van der Waals surface area contributed by atoms with Gasteiger partial charge in [-0.05, 0) is 59.7 Å². The third kappa shape index (κ3) is 7.78. The normalized spacial score (nSPS) is 12.4. The first-order chi connectivity index (χ1) is 26.3. The number of carboxylic acids is 2. The topological polar surface area (TPSA) is 339 Å². The number of carboxylic acid groups (broad SMARTS) is 2. The van der Waals surface area contributed by atoms with Gasteiger partial charge in [-0.25, -0.2) is 19.6 Å². The van der Waals surface area contributed by atoms with E-state index in [2.05, 4.69) is 30.4 Å². The van der Waals surface area contributed by atoms with Crippen LogP contribution in [0.25, 0.3) is 34.0 Å². The smallest absolute Gasteiger partial charge is 0.354 e. The van der Waals surface area contributed by atoms with Crippen molar-refractivity contribution in [2.75, 3.05) is 0 Å². The van der Waals surface area contributed by atoms with Gasteiger partial charge in [0.05, 0.1) is 11.4 Å². The lowest BCUT2D eigenvalue weighted by molar-refractivity contribution is 0.0680. The number of hydrogen-bond acceptors (Lipinski definition) is 16. The summed E-state index contributed by atoms with van der Waals surface area (Å²) in [5.41, 5.74) is -2.91. The van der Waals surface area contributed by atoms with Gasteiger partial charge in [0, 0.05) is 22.9 Å². The lowest BCUT2D eigenvalue weighted by atomic mass is 10.1. The number of azo groups is 2. The van der Waals surface area contributed by atoms with Crippen LogP contribution in [0.1, 0.15) is 32.1 Å². The predicted molar refractivity (Wildman–Crippen MR) is 194 cm³/mol. The van der Waals surface area contributed by atoms with Crippen LogP contribution < -0.4 is 0 Å². The van der Waals surface area contributed by atoms with Crippen LogP contribution in [0.15, 0.2) is 103 Å². The molecule has 0 fully saturated rings. The number of rotatable bonds is 10. The third-order valence-electron chi connectivity index (χ3n) is 7.80. The second-order valence-corrected chi connectivity index (χ2v) is 14.2. The quantitative estimate of drug-likeness (QED) is 0.0416. The van der Waals surface area contributed by atoms with Crippen LogP contribution >= 0.6 is 0 Å². The van der Waals surface area contributed by atoms with Crippen molar-refractivity contribution in [1.82, 2.24) is 9.97 Å². The zero-order valence-electron chi connectivity index (χ0n) is 27.6. The number of phenols is 2. The summed E-state index contributed by atoms with van der Waals surface area (Å²) in [5, 5.41) is 75.4. The molecule has 0 bridgehead atoms. The van der Waals surface area contributed by atoms with E-state index in [9.17, 15) is 66.2 Å². The highest BCUT2D eigenvalue weighted by Crippen LogP contribution is 2.40. The molecular formula is C34H22N6O14S2. The molecule has 0 unspecified atom stereocenters. The molecule has 0 saturated carbocycles. The Morgan fingerprint density at radius 2 is 0.911 bits per heavy atom. The Morgan fingerprint density at radius 3 is 1.25 bits per heavy atom. The van der Waals surface area contributed by atoms with E-state index < -0.39 is 76.4 Å². The first-order valence-corrected chi connectivity index (χ1v) is 18.1. The fourth-order valence-electron chi connectivity index (χ4n) is 5.17. The first kappa shape index (κ1) is 38.3. The zero-order chi connectivity index (χ0) is 40.7. The van der Waals surface area contributed by atoms with Crippen LogP contribution in [0.4, 0.5) is 22.7 Å². The molecule has 2 aromatic heterocycles. The number of benzene rings is 4. The van der Waals surface area contributed by atoms with E-state index in [-0.39, 0.29) is 55.7 Å². The number of fused-ring (bicyclic) bond motifs is 2. The molecule has 22 heteroatoms. The van der Waals surface area contributed by atoms with Gasteiger partial charge in [-0.3, -0.25) is 9.11 Å². The predicted octanol–water partition coefficient (Wildman–Crippen LogP) is 6.50. The third-order valence-corrected chi connectivity index (χ3v) is 9.62. The van der Waals surface area contributed by atoms with E-state index in [1.165, 1.54) is 48.5 Å². The van der Waals surface area contributed by atoms with Gasteiger partial charge in [0.2, 0.25) is 0 Å². The number of phenolic OH excluding ortho intramolecular Hbond substituents is 2. The van der Waals surface area contributed by atoms with Gasteiger partial charge >= 0.3 is 11.9 Å². The maximum absolute atomic E-state index is 12.3. The van der Waals surface area contributed by atoms with Gasteiger partial charge in [-0.1, -0.05) is 24.3 Å². The Morgan fingerprint density at radius 1 is 0.536 bits per heavy atom. The van der Waals surface area contributed by atoms with Crippen molar-refractivity contribution in [3.05, 3.63) is 95.3 Å². The number of aromatic carboxylic acids is 2. The molecule has 0 aliphatic rings. The number of carbonyl (C=O) groups is 2. The van der Waals surface area contributed by atoms with Crippen LogP contribution in [-0.4, -0.2) is 78.5 Å². The molecule has 4 aromatic carbocycles. The SMILES string of the molecule is O=C(O)c1cc(O)c2ccc(N=Nc3ccc(C=Cc4ccc(N=Nc5ccc6c(O)cc(C(=O)O)nc6c5O)cc4S(=O)(=O)O)c(S(=O)(=O)O)c3)c(O)c2n1. The molecule has 0 spiro atoms. The van der Waals surface area contributed by atoms with Crippen molar-refractivity contribution in [2.45, 2.75) is 9.79 Å². The van der Waals surface area contributed by atoms with Gasteiger partial charge in [-0.2, -0.15) is 27.1 Å². The zero-order valence-corrected chi connectivity index (χ0v) is 29.2. The van der Waals surface area contributed by atoms with Gasteiger partial charge in [0.15, 0.2) is 22.9 Å². The summed E-state index contributed by atoms with van der Waals surface area (Å²) < 4.78 is 69.3. The molecule has 8 N–H and O–H groups in total. The maximum Gasteiger partial charge on any atom is 0.354 e. The van der Waals surface area contributed by atoms with Crippen molar-refractivity contribution in [2.24, 2.45) is 20.5 Å². The molecule has 0 saturated heterocycles. The number of aromatic nitrogens is 2. The Balaban J connectivity index is 1.31. The van der Waals surface area contributed by atoms with E-state index >= 15 is 0 Å². The Labute approximate surface area is 312 Å². The molecule has 0 aliphatic carbocycles. The minimum Gasteiger partial charge on any atom is -0.507 e. The highest BCUT2D eigenvalue weighted by atomic mass is 32.2. The highest BCUT2D eigenvalue weighted by Gasteiger charge is 2.20. The van der Waals surface area contributed by atoms with Crippen LogP contribution in [0.2, 0.25) is 0 Å². The highest BCUT2D eigenvalue weighted by molar-refractivity contribution is 7.86. The number of hydrogen-bond donors (Lipinski definition) is 8. The fourth-order valence-corrected chi connectivity index (χ4v) is 6.58. The molecular weight excluding hydrogens is 781 g/mol. The summed E-state index contributed by atoms with van der Waals surface area (Å²) in [4.78, 5) is 28.9. The van der Waals surface area contributed by atoms with Gasteiger partial charge in [0.1, 0.15) is 43.7 Å². The Hall–Kier alpha value is -7.40. The lowest BCUT2D eigenvalue weighted by Crippen LogP contribution is -2.01. The first-order valence-electron chi connectivity index (χ1n) is 15.2. The summed E-state index contributed by atoms with van der Waals surface area (Å²) >= 11 is 0. The molecule has 284 valence electrons. The standard InChI is InChI=1S/C34H22N6O14S2/c41-25-13-23(33(45)46)35-29-19(25)7-9-21(31(29)43)39-37-17-5-3-15(27(11-17)55(49,50)51)1-2-16-4-6-18(12-28(16)56(52,53)54)38-40-22-10-8-20-26(42)14-24(34(47)48)36-30(20)32(22)44/h1-14,43-44H,(H,35,41)(H,36,42)(H,45,46)(H,47,48)(H,49,50,51)(H,52,53,54). The van der Waals surface area contributed by atoms with Gasteiger partial charge < -0.3 is 30.6 Å². The monoisotopic (exact) mass is 802 g/mol. The van der Waals surface area contributed by atoms with Crippen molar-refractivity contribution >= 4 is 88.9 Å². The minimum absolute atomic E-state index is 0.00745. The fraction of sp³-hybridized carbons (Fsp3) is 0. The summed E-state index contributed by atoms with van der Waals surface area (Å²) in [6, 6.07) is 13.4. The van der Waals surface area contributed by atoms with Gasteiger partial charge in [-0.15, -0.1) is 10.2 Å². The molecule has 0 atom stereocenters. The average molecular weight is 803 g/mol. The van der Waals surface area contributed by atoms with Crippen molar-refractivity contribution in [3.63, 3.8) is 0 Å².